The minimum Gasteiger partial charge on any atom is -0.394 e. The third-order valence-electron chi connectivity index (χ3n) is 6.17. The summed E-state index contributed by atoms with van der Waals surface area (Å²) in [6.07, 6.45) is 4.22. The van der Waals surface area contributed by atoms with Gasteiger partial charge >= 0.3 is 0 Å². The summed E-state index contributed by atoms with van der Waals surface area (Å²) in [6.45, 7) is 7.52. The molecule has 23 heavy (non-hydrogen) atoms. The zero-order chi connectivity index (χ0) is 16.7. The molecule has 2 atom stereocenters. The number of ether oxygens (including phenoxy) is 1. The monoisotopic (exact) mass is 314 g/mol. The summed E-state index contributed by atoms with van der Waals surface area (Å²) in [6, 6.07) is 8.13. The highest BCUT2D eigenvalue weighted by Gasteiger charge is 2.63. The summed E-state index contributed by atoms with van der Waals surface area (Å²) in [5.41, 5.74) is 3.03. The molecule has 124 valence electrons. The van der Waals surface area contributed by atoms with E-state index in [4.69, 9.17) is 9.84 Å². The van der Waals surface area contributed by atoms with Crippen LogP contribution in [-0.4, -0.2) is 24.1 Å². The van der Waals surface area contributed by atoms with Crippen molar-refractivity contribution in [3.8, 4) is 0 Å². The molecule has 2 saturated carbocycles. The van der Waals surface area contributed by atoms with Gasteiger partial charge in [0.2, 0.25) is 0 Å². The molecule has 0 radical (unpaired) electrons. The number of aliphatic hydroxyl groups excluding tert-OH is 1. The summed E-state index contributed by atoms with van der Waals surface area (Å²) in [5, 5.41) is 8.72. The van der Waals surface area contributed by atoms with Gasteiger partial charge in [-0.2, -0.15) is 0 Å². The van der Waals surface area contributed by atoms with Crippen molar-refractivity contribution in [1.82, 2.24) is 0 Å². The van der Waals surface area contributed by atoms with E-state index in [1.807, 2.05) is 24.3 Å². The Morgan fingerprint density at radius 1 is 1.26 bits per heavy atom. The number of carbonyl (C=O) groups is 1. The molecule has 0 amide bonds. The Hall–Kier alpha value is -1.45. The Morgan fingerprint density at radius 2 is 1.96 bits per heavy atom. The zero-order valence-corrected chi connectivity index (χ0v) is 14.3. The topological polar surface area (TPSA) is 46.5 Å². The smallest absolute Gasteiger partial charge is 0.165 e. The van der Waals surface area contributed by atoms with Gasteiger partial charge < -0.3 is 9.84 Å². The van der Waals surface area contributed by atoms with E-state index in [1.54, 1.807) is 0 Å². The fourth-order valence-electron chi connectivity index (χ4n) is 4.24. The molecule has 2 bridgehead atoms. The van der Waals surface area contributed by atoms with Crippen LogP contribution in [0.25, 0.3) is 6.08 Å². The second kappa shape index (κ2) is 5.88. The molecule has 0 aliphatic heterocycles. The average molecular weight is 314 g/mol. The molecule has 1 N–H and O–H groups in total. The van der Waals surface area contributed by atoms with Crippen molar-refractivity contribution in [2.75, 3.05) is 13.2 Å². The first-order valence-electron chi connectivity index (χ1n) is 8.44. The number of fused-ring (bicyclic) bond motifs is 2. The molecule has 3 nitrogen and oxygen atoms in total. The molecule has 2 fully saturated rings. The summed E-state index contributed by atoms with van der Waals surface area (Å²) in [5.74, 6) is 0.724. The molecule has 2 unspecified atom stereocenters. The van der Waals surface area contributed by atoms with Crippen LogP contribution in [0.15, 0.2) is 29.8 Å². The Bertz CT molecular complexity index is 627. The van der Waals surface area contributed by atoms with E-state index in [-0.39, 0.29) is 17.4 Å². The van der Waals surface area contributed by atoms with Crippen molar-refractivity contribution in [2.45, 2.75) is 40.2 Å². The van der Waals surface area contributed by atoms with Gasteiger partial charge in [0.1, 0.15) is 0 Å². The normalized spacial score (nSPS) is 30.3. The van der Waals surface area contributed by atoms with Crippen LogP contribution in [0.5, 0.6) is 0 Å². The molecule has 2 aliphatic carbocycles. The Kier molecular flexibility index (Phi) is 4.19. The van der Waals surface area contributed by atoms with Crippen molar-refractivity contribution >= 4 is 11.9 Å². The summed E-state index contributed by atoms with van der Waals surface area (Å²) in [7, 11) is 0. The maximum Gasteiger partial charge on any atom is 0.165 e. The van der Waals surface area contributed by atoms with E-state index >= 15 is 0 Å². The van der Waals surface area contributed by atoms with Gasteiger partial charge in [-0.3, -0.25) is 4.79 Å². The van der Waals surface area contributed by atoms with Crippen molar-refractivity contribution < 1.29 is 14.6 Å². The van der Waals surface area contributed by atoms with E-state index in [1.165, 1.54) is 0 Å². The van der Waals surface area contributed by atoms with Gasteiger partial charge in [-0.25, -0.2) is 0 Å². The number of aliphatic hydroxyl groups is 1. The highest BCUT2D eigenvalue weighted by Crippen LogP contribution is 2.65. The lowest BCUT2D eigenvalue weighted by molar-refractivity contribution is -0.125. The van der Waals surface area contributed by atoms with Gasteiger partial charge in [0.25, 0.3) is 0 Å². The number of Topliss-reactive ketones (excluding diaryl/α,β-unsaturated/α-hetero) is 1. The molecule has 1 aromatic rings. The van der Waals surface area contributed by atoms with Gasteiger partial charge in [-0.1, -0.05) is 45.0 Å². The lowest BCUT2D eigenvalue weighted by Crippen LogP contribution is -2.32. The molecule has 0 saturated heterocycles. The Labute approximate surface area is 138 Å². The average Bonchev–Trinajstić information content (AvgIpc) is 2.83. The summed E-state index contributed by atoms with van der Waals surface area (Å²) < 4.78 is 5.32. The second-order valence-electron chi connectivity index (χ2n) is 7.59. The minimum atomic E-state index is -0.193. The van der Waals surface area contributed by atoms with Crippen LogP contribution in [-0.2, 0) is 16.1 Å². The van der Waals surface area contributed by atoms with Crippen molar-refractivity contribution in [2.24, 2.45) is 16.7 Å². The molecular formula is C20H26O3. The molecule has 2 aliphatic rings. The maximum absolute atomic E-state index is 12.8. The molecular weight excluding hydrogens is 288 g/mol. The highest BCUT2D eigenvalue weighted by atomic mass is 16.5. The predicted octanol–water partition coefficient (Wildman–Crippen LogP) is 3.60. The van der Waals surface area contributed by atoms with Crippen LogP contribution < -0.4 is 0 Å². The van der Waals surface area contributed by atoms with Crippen LogP contribution in [0.1, 0.15) is 44.7 Å². The van der Waals surface area contributed by atoms with E-state index in [9.17, 15) is 4.79 Å². The lowest BCUT2D eigenvalue weighted by Gasteiger charge is -2.31. The number of hydrogen-bond donors (Lipinski definition) is 1. The summed E-state index contributed by atoms with van der Waals surface area (Å²) in [4.78, 5) is 12.8. The number of benzene rings is 1. The van der Waals surface area contributed by atoms with Crippen molar-refractivity contribution in [3.05, 3.63) is 41.0 Å². The molecule has 0 spiro atoms. The van der Waals surface area contributed by atoms with Gasteiger partial charge in [-0.05, 0) is 47.0 Å². The summed E-state index contributed by atoms with van der Waals surface area (Å²) >= 11 is 0. The highest BCUT2D eigenvalue weighted by molar-refractivity contribution is 6.07. The Morgan fingerprint density at radius 3 is 2.52 bits per heavy atom. The predicted molar refractivity (Wildman–Crippen MR) is 90.8 cm³/mol. The fourth-order valence-corrected chi connectivity index (χ4v) is 4.24. The molecule has 0 heterocycles. The van der Waals surface area contributed by atoms with Crippen LogP contribution in [0.2, 0.25) is 0 Å². The van der Waals surface area contributed by atoms with Crippen LogP contribution >= 0.6 is 0 Å². The molecule has 0 aromatic heterocycles. The number of ketones is 1. The van der Waals surface area contributed by atoms with Crippen LogP contribution in [0.3, 0.4) is 0 Å². The standard InChI is InChI=1S/C20H26O3/c1-19(2)17-8-9-20(19,3)18(22)16(17)12-14-4-6-15(7-5-14)13-23-11-10-21/h4-7,12,17,21H,8-11,13H2,1-3H3/b16-12+. The third kappa shape index (κ3) is 2.56. The van der Waals surface area contributed by atoms with Crippen molar-refractivity contribution in [1.29, 1.82) is 0 Å². The zero-order valence-electron chi connectivity index (χ0n) is 14.3. The number of hydrogen-bond acceptors (Lipinski definition) is 3. The van der Waals surface area contributed by atoms with Crippen LogP contribution in [0.4, 0.5) is 0 Å². The first-order chi connectivity index (χ1) is 10.9. The SMILES string of the molecule is CC12CCC(/C(=C\c3ccc(COCCO)cc3)C1=O)C2(C)C. The first-order valence-corrected chi connectivity index (χ1v) is 8.44. The first kappa shape index (κ1) is 16.4. The quantitative estimate of drug-likeness (QED) is 0.667. The van der Waals surface area contributed by atoms with Gasteiger partial charge in [0, 0.05) is 5.41 Å². The fraction of sp³-hybridized carbons (Fsp3) is 0.550. The van der Waals surface area contributed by atoms with E-state index in [2.05, 4.69) is 26.8 Å². The number of allylic oxidation sites excluding steroid dienone is 1. The number of rotatable bonds is 5. The second-order valence-corrected chi connectivity index (χ2v) is 7.59. The largest absolute Gasteiger partial charge is 0.394 e. The van der Waals surface area contributed by atoms with E-state index in [0.29, 0.717) is 24.9 Å². The lowest BCUT2D eigenvalue weighted by atomic mass is 9.70. The third-order valence-corrected chi connectivity index (χ3v) is 6.17. The van der Waals surface area contributed by atoms with E-state index in [0.717, 1.165) is 29.5 Å². The molecule has 1 aromatic carbocycles. The minimum absolute atomic E-state index is 0.0439. The Balaban J connectivity index is 1.79. The molecule has 3 rings (SSSR count). The number of carbonyl (C=O) groups excluding carboxylic acids is 1. The van der Waals surface area contributed by atoms with Gasteiger partial charge in [0.05, 0.1) is 19.8 Å². The van der Waals surface area contributed by atoms with Gasteiger partial charge in [0.15, 0.2) is 5.78 Å². The van der Waals surface area contributed by atoms with Gasteiger partial charge in [-0.15, -0.1) is 0 Å². The van der Waals surface area contributed by atoms with E-state index < -0.39 is 0 Å². The van der Waals surface area contributed by atoms with Crippen LogP contribution in [0, 0.1) is 16.7 Å². The van der Waals surface area contributed by atoms with Crippen molar-refractivity contribution in [3.63, 3.8) is 0 Å². The molecule has 3 heteroatoms. The maximum atomic E-state index is 12.8.